The van der Waals surface area contributed by atoms with Gasteiger partial charge in [-0.2, -0.15) is 15.1 Å². The molecule has 0 fully saturated rings. The zero-order valence-electron chi connectivity index (χ0n) is 11.8. The number of carbonyl (C=O) groups excluding carboxylic acids is 1. The van der Waals surface area contributed by atoms with E-state index in [2.05, 4.69) is 10.1 Å². The Balaban J connectivity index is 2.00. The molecule has 5 nitrogen and oxygen atoms in total. The van der Waals surface area contributed by atoms with Crippen molar-refractivity contribution in [3.8, 4) is 0 Å². The first-order chi connectivity index (χ1) is 10.1. The van der Waals surface area contributed by atoms with Crippen LogP contribution < -0.4 is 0 Å². The lowest BCUT2D eigenvalue weighted by molar-refractivity contribution is -0.114. The number of rotatable bonds is 2. The summed E-state index contributed by atoms with van der Waals surface area (Å²) in [4.78, 5) is 16.2. The van der Waals surface area contributed by atoms with Gasteiger partial charge in [0.25, 0.3) is 5.91 Å². The molecule has 2 aliphatic heterocycles. The molecule has 106 valence electrons. The van der Waals surface area contributed by atoms with Crippen molar-refractivity contribution in [2.75, 3.05) is 0 Å². The van der Waals surface area contributed by atoms with Crippen LogP contribution >= 0.6 is 11.8 Å². The van der Waals surface area contributed by atoms with Crippen LogP contribution in [0.2, 0.25) is 0 Å². The van der Waals surface area contributed by atoms with Crippen LogP contribution in [0, 0.1) is 12.3 Å². The molecule has 3 rings (SSSR count). The van der Waals surface area contributed by atoms with Crippen molar-refractivity contribution in [3.05, 3.63) is 41.0 Å². The second-order valence-electron chi connectivity index (χ2n) is 4.78. The monoisotopic (exact) mass is 298 g/mol. The highest BCUT2D eigenvalue weighted by Gasteiger charge is 2.34. The fourth-order valence-electron chi connectivity index (χ4n) is 2.10. The van der Waals surface area contributed by atoms with E-state index >= 15 is 0 Å². The summed E-state index contributed by atoms with van der Waals surface area (Å²) in [5, 5.41) is 15.3. The van der Waals surface area contributed by atoms with E-state index in [0.29, 0.717) is 5.17 Å². The Morgan fingerprint density at radius 2 is 2.24 bits per heavy atom. The molecule has 0 saturated heterocycles. The van der Waals surface area contributed by atoms with Crippen LogP contribution in [0.25, 0.3) is 6.08 Å². The SMILES string of the molecule is CCC1=NN2C(=N)C(=Cc3cccc(C)c3)C(=O)N=C2S1. The summed E-state index contributed by atoms with van der Waals surface area (Å²) in [6, 6.07) is 7.78. The molecule has 21 heavy (non-hydrogen) atoms. The molecule has 1 amide bonds. The van der Waals surface area contributed by atoms with Gasteiger partial charge < -0.3 is 0 Å². The minimum absolute atomic E-state index is 0.0856. The van der Waals surface area contributed by atoms with Gasteiger partial charge in [0.15, 0.2) is 5.84 Å². The zero-order chi connectivity index (χ0) is 15.0. The second kappa shape index (κ2) is 5.29. The van der Waals surface area contributed by atoms with E-state index in [-0.39, 0.29) is 17.3 Å². The Kier molecular flexibility index (Phi) is 3.47. The van der Waals surface area contributed by atoms with Crippen molar-refractivity contribution >= 4 is 39.8 Å². The maximum absolute atomic E-state index is 12.1. The lowest BCUT2D eigenvalue weighted by atomic mass is 10.1. The van der Waals surface area contributed by atoms with Crippen molar-refractivity contribution in [3.63, 3.8) is 0 Å². The van der Waals surface area contributed by atoms with E-state index in [1.807, 2.05) is 38.1 Å². The van der Waals surface area contributed by atoms with Crippen LogP contribution in [0.15, 0.2) is 39.9 Å². The van der Waals surface area contributed by atoms with Crippen molar-refractivity contribution in [2.24, 2.45) is 10.1 Å². The van der Waals surface area contributed by atoms with Gasteiger partial charge in [0.1, 0.15) is 5.04 Å². The summed E-state index contributed by atoms with van der Waals surface area (Å²) in [6.45, 7) is 3.97. The van der Waals surface area contributed by atoms with Gasteiger partial charge >= 0.3 is 0 Å². The highest BCUT2D eigenvalue weighted by Crippen LogP contribution is 2.29. The molecule has 0 radical (unpaired) electrons. The lowest BCUT2D eigenvalue weighted by Crippen LogP contribution is -2.35. The summed E-state index contributed by atoms with van der Waals surface area (Å²) < 4.78 is 0. The minimum atomic E-state index is -0.382. The molecule has 2 heterocycles. The second-order valence-corrected chi connectivity index (χ2v) is 5.82. The fraction of sp³-hybridized carbons (Fsp3) is 0.200. The Labute approximate surface area is 127 Å². The number of aryl methyl sites for hydroxylation is 1. The van der Waals surface area contributed by atoms with Gasteiger partial charge in [0.2, 0.25) is 5.17 Å². The van der Waals surface area contributed by atoms with E-state index in [9.17, 15) is 4.79 Å². The largest absolute Gasteiger partial charge is 0.283 e. The van der Waals surface area contributed by atoms with Gasteiger partial charge in [-0.05, 0) is 36.7 Å². The number of amides is 1. The van der Waals surface area contributed by atoms with Crippen molar-refractivity contribution in [2.45, 2.75) is 20.3 Å². The average Bonchev–Trinajstić information content (AvgIpc) is 2.87. The van der Waals surface area contributed by atoms with Gasteiger partial charge in [0, 0.05) is 0 Å². The Morgan fingerprint density at radius 1 is 1.43 bits per heavy atom. The van der Waals surface area contributed by atoms with E-state index in [0.717, 1.165) is 22.6 Å². The molecule has 1 aromatic rings. The average molecular weight is 298 g/mol. The van der Waals surface area contributed by atoms with Gasteiger partial charge in [-0.1, -0.05) is 36.8 Å². The molecule has 0 aromatic heterocycles. The molecule has 2 aliphatic rings. The summed E-state index contributed by atoms with van der Waals surface area (Å²) >= 11 is 1.35. The predicted octanol–water partition coefficient (Wildman–Crippen LogP) is 3.02. The first-order valence-electron chi connectivity index (χ1n) is 6.64. The number of hydrogen-bond donors (Lipinski definition) is 1. The highest BCUT2D eigenvalue weighted by atomic mass is 32.2. The number of carbonyl (C=O) groups is 1. The topological polar surface area (TPSA) is 68.9 Å². The van der Waals surface area contributed by atoms with Gasteiger partial charge in [-0.3, -0.25) is 10.2 Å². The van der Waals surface area contributed by atoms with Crippen LogP contribution in [0.5, 0.6) is 0 Å². The molecule has 6 heteroatoms. The third-order valence-electron chi connectivity index (χ3n) is 3.15. The van der Waals surface area contributed by atoms with Gasteiger partial charge in [-0.25, -0.2) is 0 Å². The molecule has 1 N–H and O–H groups in total. The van der Waals surface area contributed by atoms with Crippen LogP contribution in [0.4, 0.5) is 0 Å². The molecule has 0 spiro atoms. The Morgan fingerprint density at radius 3 is 2.95 bits per heavy atom. The molecule has 0 aliphatic carbocycles. The van der Waals surface area contributed by atoms with E-state index in [1.54, 1.807) is 6.08 Å². The molecule has 0 unspecified atom stereocenters. The van der Waals surface area contributed by atoms with Crippen LogP contribution in [-0.4, -0.2) is 27.0 Å². The number of benzene rings is 1. The lowest BCUT2D eigenvalue weighted by Gasteiger charge is -2.20. The zero-order valence-corrected chi connectivity index (χ0v) is 12.6. The number of amidine groups is 2. The van der Waals surface area contributed by atoms with E-state index in [1.165, 1.54) is 16.8 Å². The van der Waals surface area contributed by atoms with E-state index < -0.39 is 0 Å². The standard InChI is InChI=1S/C15H14N4OS/c1-3-12-18-19-13(16)11(14(20)17-15(19)21-12)8-10-6-4-5-9(2)7-10/h4-8,16H,3H2,1-2H3. The smallest absolute Gasteiger partial charge is 0.282 e. The third kappa shape index (κ3) is 2.54. The number of thioether (sulfide) groups is 1. The highest BCUT2D eigenvalue weighted by molar-refractivity contribution is 8.26. The Hall–Kier alpha value is -2.21. The maximum Gasteiger partial charge on any atom is 0.283 e. The molecular weight excluding hydrogens is 284 g/mol. The summed E-state index contributed by atoms with van der Waals surface area (Å²) in [6.07, 6.45) is 2.46. The quantitative estimate of drug-likeness (QED) is 0.853. The van der Waals surface area contributed by atoms with Gasteiger partial charge in [-0.15, -0.1) is 0 Å². The van der Waals surface area contributed by atoms with Crippen molar-refractivity contribution < 1.29 is 4.79 Å². The summed E-state index contributed by atoms with van der Waals surface area (Å²) in [7, 11) is 0. The molecule has 0 atom stereocenters. The molecule has 0 bridgehead atoms. The number of aliphatic imine (C=N–C) groups is 1. The molecular formula is C15H14N4OS. The predicted molar refractivity (Wildman–Crippen MR) is 86.5 cm³/mol. The van der Waals surface area contributed by atoms with Crippen LogP contribution in [-0.2, 0) is 4.79 Å². The maximum atomic E-state index is 12.1. The number of fused-ring (bicyclic) bond motifs is 1. The first kappa shape index (κ1) is 13.8. The molecule has 1 aromatic carbocycles. The number of hydrazone groups is 1. The summed E-state index contributed by atoms with van der Waals surface area (Å²) in [5.74, 6) is -0.296. The van der Waals surface area contributed by atoms with E-state index in [4.69, 9.17) is 5.41 Å². The first-order valence-corrected chi connectivity index (χ1v) is 7.46. The fourth-order valence-corrected chi connectivity index (χ4v) is 2.93. The Bertz CT molecular complexity index is 733. The number of nitrogens with one attached hydrogen (secondary N) is 1. The molecule has 0 saturated carbocycles. The number of hydrogen-bond acceptors (Lipinski definition) is 4. The van der Waals surface area contributed by atoms with Gasteiger partial charge in [0.05, 0.1) is 5.57 Å². The van der Waals surface area contributed by atoms with Crippen LogP contribution in [0.1, 0.15) is 24.5 Å². The number of nitrogens with zero attached hydrogens (tertiary/aromatic N) is 3. The summed E-state index contributed by atoms with van der Waals surface area (Å²) in [5.41, 5.74) is 2.26. The van der Waals surface area contributed by atoms with Crippen molar-refractivity contribution in [1.29, 1.82) is 5.41 Å². The van der Waals surface area contributed by atoms with Crippen LogP contribution in [0.3, 0.4) is 0 Å². The van der Waals surface area contributed by atoms with Crippen molar-refractivity contribution in [1.82, 2.24) is 5.01 Å². The normalized spacial score (nSPS) is 19.7. The third-order valence-corrected chi connectivity index (χ3v) is 4.20. The minimum Gasteiger partial charge on any atom is -0.282 e.